The minimum absolute atomic E-state index is 0.230. The molecule has 6 nitrogen and oxygen atoms in total. The van der Waals surface area contributed by atoms with Gasteiger partial charge < -0.3 is 9.47 Å². The predicted molar refractivity (Wildman–Crippen MR) is 65.0 cm³/mol. The van der Waals surface area contributed by atoms with Gasteiger partial charge >= 0.3 is 0 Å². The molecule has 0 unspecified atom stereocenters. The van der Waals surface area contributed by atoms with Crippen LogP contribution in [0.1, 0.15) is 19.3 Å². The van der Waals surface area contributed by atoms with Gasteiger partial charge in [0.2, 0.25) is 0 Å². The highest BCUT2D eigenvalue weighted by molar-refractivity contribution is 7.87. The van der Waals surface area contributed by atoms with Gasteiger partial charge in [0.25, 0.3) is 10.2 Å². The van der Waals surface area contributed by atoms with E-state index in [1.165, 1.54) is 14.1 Å². The molecule has 102 valence electrons. The van der Waals surface area contributed by atoms with Crippen molar-refractivity contribution in [2.75, 3.05) is 40.5 Å². The summed E-state index contributed by atoms with van der Waals surface area (Å²) in [6.45, 7) is 2.39. The minimum atomic E-state index is -3.30. The van der Waals surface area contributed by atoms with Crippen molar-refractivity contribution in [1.82, 2.24) is 9.03 Å². The van der Waals surface area contributed by atoms with Crippen molar-refractivity contribution in [2.24, 2.45) is 0 Å². The number of ether oxygens (including phenoxy) is 2. The molecule has 0 radical (unpaired) electrons. The van der Waals surface area contributed by atoms with Crippen molar-refractivity contribution in [1.29, 1.82) is 0 Å². The van der Waals surface area contributed by atoms with Gasteiger partial charge in [-0.05, 0) is 19.3 Å². The maximum atomic E-state index is 11.3. The lowest BCUT2D eigenvalue weighted by molar-refractivity contribution is 0.0169. The molecule has 1 rings (SSSR count). The molecule has 1 heterocycles. The van der Waals surface area contributed by atoms with Gasteiger partial charge in [0.15, 0.2) is 0 Å². The van der Waals surface area contributed by atoms with Gasteiger partial charge in [-0.2, -0.15) is 12.7 Å². The van der Waals surface area contributed by atoms with Crippen LogP contribution in [-0.4, -0.2) is 59.3 Å². The Balaban J connectivity index is 1.97. The predicted octanol–water partition coefficient (Wildman–Crippen LogP) is -0.0319. The summed E-state index contributed by atoms with van der Waals surface area (Å²) in [6.07, 6.45) is 3.07. The van der Waals surface area contributed by atoms with E-state index in [9.17, 15) is 8.42 Å². The fourth-order valence-corrected chi connectivity index (χ4v) is 2.16. The lowest BCUT2D eigenvalue weighted by atomic mass is 10.2. The average Bonchev–Trinajstić information content (AvgIpc) is 2.75. The zero-order valence-corrected chi connectivity index (χ0v) is 11.3. The lowest BCUT2D eigenvalue weighted by Crippen LogP contribution is -2.36. The van der Waals surface area contributed by atoms with E-state index in [2.05, 4.69) is 4.72 Å². The molecule has 0 aromatic rings. The van der Waals surface area contributed by atoms with Gasteiger partial charge in [0, 0.05) is 33.9 Å². The topological polar surface area (TPSA) is 67.9 Å². The van der Waals surface area contributed by atoms with E-state index in [4.69, 9.17) is 9.47 Å². The van der Waals surface area contributed by atoms with Crippen molar-refractivity contribution in [3.63, 3.8) is 0 Å². The van der Waals surface area contributed by atoms with Crippen LogP contribution >= 0.6 is 0 Å². The third-order valence-electron chi connectivity index (χ3n) is 2.56. The molecule has 1 fully saturated rings. The molecule has 0 aromatic heterocycles. The van der Waals surface area contributed by atoms with Gasteiger partial charge in [0.1, 0.15) is 0 Å². The third kappa shape index (κ3) is 5.78. The van der Waals surface area contributed by atoms with E-state index in [-0.39, 0.29) is 6.10 Å². The van der Waals surface area contributed by atoms with Gasteiger partial charge in [-0.25, -0.2) is 4.72 Å². The number of rotatable bonds is 8. The highest BCUT2D eigenvalue weighted by Gasteiger charge is 2.15. The maximum Gasteiger partial charge on any atom is 0.278 e. The highest BCUT2D eigenvalue weighted by Crippen LogP contribution is 2.11. The van der Waals surface area contributed by atoms with Gasteiger partial charge in [-0.1, -0.05) is 0 Å². The fraction of sp³-hybridized carbons (Fsp3) is 1.00. The maximum absolute atomic E-state index is 11.3. The number of nitrogens with zero attached hydrogens (tertiary/aromatic N) is 1. The summed E-state index contributed by atoms with van der Waals surface area (Å²) in [5.74, 6) is 0. The fourth-order valence-electron chi connectivity index (χ4n) is 1.50. The van der Waals surface area contributed by atoms with E-state index >= 15 is 0 Å². The monoisotopic (exact) mass is 266 g/mol. The Hall–Kier alpha value is -0.210. The summed E-state index contributed by atoms with van der Waals surface area (Å²) < 4.78 is 37.1. The van der Waals surface area contributed by atoms with Crippen LogP contribution in [0.25, 0.3) is 0 Å². The second-order valence-corrected chi connectivity index (χ2v) is 6.21. The quantitative estimate of drug-likeness (QED) is 0.626. The molecule has 17 heavy (non-hydrogen) atoms. The minimum Gasteiger partial charge on any atom is -0.379 e. The molecule has 7 heteroatoms. The van der Waals surface area contributed by atoms with Crippen molar-refractivity contribution in [3.8, 4) is 0 Å². The van der Waals surface area contributed by atoms with Crippen LogP contribution in [0, 0.1) is 0 Å². The molecule has 0 spiro atoms. The summed E-state index contributed by atoms with van der Waals surface area (Å²) in [6, 6.07) is 0. The largest absolute Gasteiger partial charge is 0.379 e. The first kappa shape index (κ1) is 14.8. The van der Waals surface area contributed by atoms with Crippen molar-refractivity contribution < 1.29 is 17.9 Å². The Morgan fingerprint density at radius 1 is 1.47 bits per heavy atom. The molecular formula is C10H22N2O4S. The van der Waals surface area contributed by atoms with Gasteiger partial charge in [-0.15, -0.1) is 0 Å². The van der Waals surface area contributed by atoms with E-state index in [0.717, 1.165) is 23.8 Å². The lowest BCUT2D eigenvalue weighted by Gasteiger charge is -2.13. The Bertz CT molecular complexity index is 299. The molecule has 0 amide bonds. The van der Waals surface area contributed by atoms with Crippen molar-refractivity contribution >= 4 is 10.2 Å². The van der Waals surface area contributed by atoms with Crippen LogP contribution in [0.2, 0.25) is 0 Å². The molecule has 1 atom stereocenters. The summed E-state index contributed by atoms with van der Waals surface area (Å²) in [7, 11) is -0.305. The van der Waals surface area contributed by atoms with Gasteiger partial charge in [-0.3, -0.25) is 0 Å². The molecule has 1 aliphatic rings. The van der Waals surface area contributed by atoms with Crippen LogP contribution in [0.5, 0.6) is 0 Å². The smallest absolute Gasteiger partial charge is 0.278 e. The van der Waals surface area contributed by atoms with E-state index < -0.39 is 10.2 Å². The molecule has 1 aliphatic heterocycles. The summed E-state index contributed by atoms with van der Waals surface area (Å²) in [4.78, 5) is 0. The normalized spacial score (nSPS) is 21.2. The first-order valence-electron chi connectivity index (χ1n) is 5.89. The molecular weight excluding hydrogens is 244 g/mol. The number of nitrogens with one attached hydrogen (secondary N) is 1. The Morgan fingerprint density at radius 2 is 2.24 bits per heavy atom. The summed E-state index contributed by atoms with van der Waals surface area (Å²) >= 11 is 0. The molecule has 0 bridgehead atoms. The molecule has 0 saturated carbocycles. The Morgan fingerprint density at radius 3 is 2.82 bits per heavy atom. The zero-order valence-electron chi connectivity index (χ0n) is 10.5. The highest BCUT2D eigenvalue weighted by atomic mass is 32.2. The second kappa shape index (κ2) is 7.27. The Labute approximate surface area is 103 Å². The van der Waals surface area contributed by atoms with E-state index in [1.54, 1.807) is 0 Å². The van der Waals surface area contributed by atoms with Crippen LogP contribution in [0.3, 0.4) is 0 Å². The van der Waals surface area contributed by atoms with Crippen LogP contribution in [0.15, 0.2) is 0 Å². The molecule has 0 aliphatic carbocycles. The van der Waals surface area contributed by atoms with Gasteiger partial charge in [0.05, 0.1) is 12.7 Å². The average molecular weight is 266 g/mol. The molecule has 1 saturated heterocycles. The van der Waals surface area contributed by atoms with Crippen LogP contribution in [0.4, 0.5) is 0 Å². The second-order valence-electron chi connectivity index (χ2n) is 4.25. The number of hydrogen-bond donors (Lipinski definition) is 1. The first-order chi connectivity index (χ1) is 8.02. The van der Waals surface area contributed by atoms with E-state index in [0.29, 0.717) is 26.2 Å². The standard InChI is InChI=1S/C10H22N2O4S/c1-12(2)17(13,14)11-6-4-7-15-9-10-5-3-8-16-10/h10-11H,3-9H2,1-2H3/t10-/m0/s1. The summed E-state index contributed by atoms with van der Waals surface area (Å²) in [5, 5.41) is 0. The SMILES string of the molecule is CN(C)S(=O)(=O)NCCCOC[C@@H]1CCCO1. The third-order valence-corrected chi connectivity index (χ3v) is 4.09. The first-order valence-corrected chi connectivity index (χ1v) is 7.33. The van der Waals surface area contributed by atoms with E-state index in [1.807, 2.05) is 0 Å². The Kier molecular flexibility index (Phi) is 6.35. The van der Waals surface area contributed by atoms with Crippen LogP contribution in [-0.2, 0) is 19.7 Å². The molecule has 1 N–H and O–H groups in total. The number of hydrogen-bond acceptors (Lipinski definition) is 4. The summed E-state index contributed by atoms with van der Waals surface area (Å²) in [5.41, 5.74) is 0. The van der Waals surface area contributed by atoms with Crippen LogP contribution < -0.4 is 4.72 Å². The molecule has 0 aromatic carbocycles. The zero-order chi connectivity index (χ0) is 12.7. The van der Waals surface area contributed by atoms with Crippen molar-refractivity contribution in [3.05, 3.63) is 0 Å². The van der Waals surface area contributed by atoms with Crippen molar-refractivity contribution in [2.45, 2.75) is 25.4 Å².